The monoisotopic (exact) mass is 379 g/mol. The molecule has 1 aromatic carbocycles. The normalized spacial score (nSPS) is 11.5. The Bertz CT molecular complexity index is 661. The van der Waals surface area contributed by atoms with Gasteiger partial charge in [0.15, 0.2) is 0 Å². The summed E-state index contributed by atoms with van der Waals surface area (Å²) in [7, 11) is 0. The second-order valence-corrected chi connectivity index (χ2v) is 5.67. The molecule has 0 aliphatic rings. The zero-order valence-corrected chi connectivity index (χ0v) is 13.2. The van der Waals surface area contributed by atoms with Gasteiger partial charge in [-0.1, -0.05) is 11.6 Å². The minimum Gasteiger partial charge on any atom is -0.489 e. The predicted octanol–water partition coefficient (Wildman–Crippen LogP) is 5.40. The molecule has 0 radical (unpaired) electrons. The number of pyridine rings is 1. The molecule has 2 aromatic rings. The Morgan fingerprint density at radius 2 is 1.95 bits per heavy atom. The average molecular weight is 381 g/mol. The number of hydrogen-bond acceptors (Lipinski definition) is 2. The fraction of sp³-hybridized carbons (Fsp3) is 0.214. The minimum atomic E-state index is -4.46. The molecule has 0 bridgehead atoms. The summed E-state index contributed by atoms with van der Waals surface area (Å²) in [6, 6.07) is 4.92. The molecule has 0 atom stereocenters. The van der Waals surface area contributed by atoms with Gasteiger partial charge in [-0.3, -0.25) is 4.98 Å². The molecule has 0 unspecified atom stereocenters. The van der Waals surface area contributed by atoms with Gasteiger partial charge in [-0.25, -0.2) is 0 Å². The molecule has 112 valence electrons. The van der Waals surface area contributed by atoms with Gasteiger partial charge in [-0.05, 0) is 47.1 Å². The molecule has 0 saturated heterocycles. The molecule has 2 rings (SSSR count). The van der Waals surface area contributed by atoms with Crippen molar-refractivity contribution in [2.24, 2.45) is 0 Å². The largest absolute Gasteiger partial charge is 0.489 e. The van der Waals surface area contributed by atoms with Crippen LogP contribution in [0.15, 0.2) is 34.9 Å². The molecular weight excluding hydrogens is 371 g/mol. The molecule has 0 amide bonds. The van der Waals surface area contributed by atoms with Gasteiger partial charge in [0, 0.05) is 26.9 Å². The number of alkyl halides is 3. The lowest BCUT2D eigenvalue weighted by molar-refractivity contribution is -0.137. The van der Waals surface area contributed by atoms with Gasteiger partial charge in [-0.15, -0.1) is 0 Å². The van der Waals surface area contributed by atoms with Crippen LogP contribution in [0.25, 0.3) is 0 Å². The highest BCUT2D eigenvalue weighted by Crippen LogP contribution is 2.34. The van der Waals surface area contributed by atoms with Crippen molar-refractivity contribution in [2.75, 3.05) is 0 Å². The fourth-order valence-electron chi connectivity index (χ4n) is 1.68. The van der Waals surface area contributed by atoms with Crippen molar-refractivity contribution >= 4 is 27.5 Å². The molecule has 1 heterocycles. The summed E-state index contributed by atoms with van der Waals surface area (Å²) in [6.07, 6.45) is -2.84. The maximum atomic E-state index is 12.7. The number of rotatable bonds is 3. The Morgan fingerprint density at radius 3 is 2.62 bits per heavy atom. The van der Waals surface area contributed by atoms with Crippen LogP contribution >= 0.6 is 27.5 Å². The maximum Gasteiger partial charge on any atom is 0.416 e. The molecule has 0 aliphatic carbocycles. The van der Waals surface area contributed by atoms with Gasteiger partial charge in [0.25, 0.3) is 0 Å². The zero-order chi connectivity index (χ0) is 15.6. The number of aromatic nitrogens is 1. The zero-order valence-electron chi connectivity index (χ0n) is 10.8. The Hall–Kier alpha value is -1.27. The van der Waals surface area contributed by atoms with Crippen molar-refractivity contribution in [3.63, 3.8) is 0 Å². The third kappa shape index (κ3) is 4.35. The SMILES string of the molecule is Cc1cc(COc2cc(Cl)cc(C(F)(F)F)c2)c(Br)cn1. The molecule has 2 nitrogen and oxygen atoms in total. The Balaban J connectivity index is 2.20. The van der Waals surface area contributed by atoms with Crippen molar-refractivity contribution < 1.29 is 17.9 Å². The quantitative estimate of drug-likeness (QED) is 0.711. The smallest absolute Gasteiger partial charge is 0.416 e. The minimum absolute atomic E-state index is 0.0233. The summed E-state index contributed by atoms with van der Waals surface area (Å²) in [5, 5.41) is -0.0233. The van der Waals surface area contributed by atoms with E-state index in [-0.39, 0.29) is 17.4 Å². The van der Waals surface area contributed by atoms with Gasteiger partial charge in [-0.2, -0.15) is 13.2 Å². The second kappa shape index (κ2) is 6.23. The molecule has 0 fully saturated rings. The number of benzene rings is 1. The molecule has 0 spiro atoms. The number of nitrogens with zero attached hydrogens (tertiary/aromatic N) is 1. The topological polar surface area (TPSA) is 22.1 Å². The third-order valence-corrected chi connectivity index (χ3v) is 3.60. The van der Waals surface area contributed by atoms with Crippen molar-refractivity contribution in [1.82, 2.24) is 4.98 Å². The van der Waals surface area contributed by atoms with Crippen LogP contribution in [0.5, 0.6) is 5.75 Å². The van der Waals surface area contributed by atoms with Crippen LogP contribution in [-0.2, 0) is 12.8 Å². The summed E-state index contributed by atoms with van der Waals surface area (Å²) in [4.78, 5) is 4.08. The van der Waals surface area contributed by atoms with E-state index in [4.69, 9.17) is 16.3 Å². The van der Waals surface area contributed by atoms with Crippen LogP contribution in [-0.4, -0.2) is 4.98 Å². The summed E-state index contributed by atoms with van der Waals surface area (Å²) < 4.78 is 44.2. The average Bonchev–Trinajstić information content (AvgIpc) is 2.38. The highest BCUT2D eigenvalue weighted by molar-refractivity contribution is 9.10. The van der Waals surface area contributed by atoms with Crippen LogP contribution in [0.3, 0.4) is 0 Å². The number of aryl methyl sites for hydroxylation is 1. The van der Waals surface area contributed by atoms with Crippen molar-refractivity contribution in [2.45, 2.75) is 19.7 Å². The molecule has 21 heavy (non-hydrogen) atoms. The molecule has 0 N–H and O–H groups in total. The highest BCUT2D eigenvalue weighted by Gasteiger charge is 2.31. The molecule has 0 aliphatic heterocycles. The highest BCUT2D eigenvalue weighted by atomic mass is 79.9. The van der Waals surface area contributed by atoms with E-state index < -0.39 is 11.7 Å². The third-order valence-electron chi connectivity index (χ3n) is 2.66. The molecule has 7 heteroatoms. The van der Waals surface area contributed by atoms with E-state index in [0.29, 0.717) is 0 Å². The van der Waals surface area contributed by atoms with Crippen molar-refractivity contribution in [3.8, 4) is 5.75 Å². The van der Waals surface area contributed by atoms with Crippen LogP contribution < -0.4 is 4.74 Å². The lowest BCUT2D eigenvalue weighted by Gasteiger charge is -2.12. The van der Waals surface area contributed by atoms with E-state index >= 15 is 0 Å². The van der Waals surface area contributed by atoms with E-state index in [1.807, 2.05) is 6.92 Å². The summed E-state index contributed by atoms with van der Waals surface area (Å²) in [5.41, 5.74) is 0.741. The number of ether oxygens (including phenoxy) is 1. The number of hydrogen-bond donors (Lipinski definition) is 0. The summed E-state index contributed by atoms with van der Waals surface area (Å²) in [5.74, 6) is 0.0659. The van der Waals surface area contributed by atoms with Crippen LogP contribution in [0.2, 0.25) is 5.02 Å². The van der Waals surface area contributed by atoms with E-state index in [9.17, 15) is 13.2 Å². The van der Waals surface area contributed by atoms with Crippen LogP contribution in [0.4, 0.5) is 13.2 Å². The van der Waals surface area contributed by atoms with Crippen LogP contribution in [0, 0.1) is 6.92 Å². The first-order chi connectivity index (χ1) is 9.75. The van der Waals surface area contributed by atoms with Gasteiger partial charge >= 0.3 is 6.18 Å². The predicted molar refractivity (Wildman–Crippen MR) is 77.5 cm³/mol. The van der Waals surface area contributed by atoms with Gasteiger partial charge in [0.2, 0.25) is 0 Å². The standard InChI is InChI=1S/C14H10BrClF3NO/c1-8-2-9(13(15)6-20-8)7-21-12-4-10(14(17,18)19)3-11(16)5-12/h2-6H,7H2,1H3. The first-order valence-electron chi connectivity index (χ1n) is 5.87. The van der Waals surface area contributed by atoms with E-state index in [1.54, 1.807) is 12.3 Å². The second-order valence-electron chi connectivity index (χ2n) is 4.38. The first-order valence-corrected chi connectivity index (χ1v) is 7.04. The van der Waals surface area contributed by atoms with E-state index in [1.165, 1.54) is 6.07 Å². The lowest BCUT2D eigenvalue weighted by atomic mass is 10.2. The lowest BCUT2D eigenvalue weighted by Crippen LogP contribution is -2.06. The van der Waals surface area contributed by atoms with E-state index in [0.717, 1.165) is 27.9 Å². The molecule has 1 aromatic heterocycles. The Kier molecular flexibility index (Phi) is 4.78. The number of halogens is 5. The van der Waals surface area contributed by atoms with Crippen molar-refractivity contribution in [3.05, 3.63) is 56.8 Å². The fourth-order valence-corrected chi connectivity index (χ4v) is 2.24. The van der Waals surface area contributed by atoms with Gasteiger partial charge in [0.05, 0.1) is 5.56 Å². The Labute approximate surface area is 133 Å². The van der Waals surface area contributed by atoms with E-state index in [2.05, 4.69) is 20.9 Å². The van der Waals surface area contributed by atoms with Crippen LogP contribution in [0.1, 0.15) is 16.8 Å². The molecular formula is C14H10BrClF3NO. The molecule has 0 saturated carbocycles. The maximum absolute atomic E-state index is 12.7. The first kappa shape index (κ1) is 16.1. The summed E-state index contributed by atoms with van der Waals surface area (Å²) in [6.45, 7) is 1.93. The Morgan fingerprint density at radius 1 is 1.24 bits per heavy atom. The van der Waals surface area contributed by atoms with Crippen molar-refractivity contribution in [1.29, 1.82) is 0 Å². The van der Waals surface area contributed by atoms with Gasteiger partial charge < -0.3 is 4.74 Å². The van der Waals surface area contributed by atoms with Gasteiger partial charge in [0.1, 0.15) is 12.4 Å². The summed E-state index contributed by atoms with van der Waals surface area (Å²) >= 11 is 9.01.